The molecule has 0 aliphatic carbocycles. The molecule has 0 radical (unpaired) electrons. The monoisotopic (exact) mass is 291 g/mol. The number of aromatic nitrogens is 2. The summed E-state index contributed by atoms with van der Waals surface area (Å²) in [6, 6.07) is 0.0335. The lowest BCUT2D eigenvalue weighted by Crippen LogP contribution is -2.42. The van der Waals surface area contributed by atoms with Crippen LogP contribution in [0.3, 0.4) is 0 Å². The van der Waals surface area contributed by atoms with Gasteiger partial charge in [0.1, 0.15) is 0 Å². The molecule has 1 aromatic rings. The highest BCUT2D eigenvalue weighted by molar-refractivity contribution is 7.92. The van der Waals surface area contributed by atoms with Gasteiger partial charge in [0.2, 0.25) is 19.2 Å². The molecule has 0 fully saturated rings. The van der Waals surface area contributed by atoms with Crippen molar-refractivity contribution in [3.8, 4) is 0 Å². The first-order chi connectivity index (χ1) is 8.14. The van der Waals surface area contributed by atoms with Crippen molar-refractivity contribution in [1.29, 1.82) is 0 Å². The van der Waals surface area contributed by atoms with Gasteiger partial charge in [0.25, 0.3) is 5.91 Å². The lowest BCUT2D eigenvalue weighted by atomic mass is 10.2. The van der Waals surface area contributed by atoms with Crippen molar-refractivity contribution < 1.29 is 13.2 Å². The molecule has 18 heavy (non-hydrogen) atoms. The van der Waals surface area contributed by atoms with E-state index in [9.17, 15) is 13.2 Å². The molecule has 1 aromatic heterocycles. The summed E-state index contributed by atoms with van der Waals surface area (Å²) in [6.45, 7) is 7.60. The molecule has 0 unspecified atom stereocenters. The molecule has 0 atom stereocenters. The maximum Gasteiger partial charge on any atom is 0.285 e. The Bertz CT molecular complexity index is 526. The van der Waals surface area contributed by atoms with E-state index in [0.29, 0.717) is 0 Å². The van der Waals surface area contributed by atoms with Crippen LogP contribution >= 0.6 is 11.3 Å². The summed E-state index contributed by atoms with van der Waals surface area (Å²) in [4.78, 5) is 13.9. The average molecular weight is 291 g/mol. The van der Waals surface area contributed by atoms with Crippen molar-refractivity contribution in [3.63, 3.8) is 0 Å². The third-order valence-corrected chi connectivity index (χ3v) is 4.83. The highest BCUT2D eigenvalue weighted by atomic mass is 32.2. The highest BCUT2D eigenvalue weighted by Crippen LogP contribution is 2.19. The van der Waals surface area contributed by atoms with Gasteiger partial charge in [0, 0.05) is 18.3 Å². The van der Waals surface area contributed by atoms with E-state index < -0.39 is 9.84 Å². The summed E-state index contributed by atoms with van der Waals surface area (Å²) in [5, 5.41) is 7.32. The van der Waals surface area contributed by atoms with Crippen LogP contribution in [0, 0.1) is 0 Å². The summed E-state index contributed by atoms with van der Waals surface area (Å²) in [7, 11) is -3.41. The van der Waals surface area contributed by atoms with Crippen LogP contribution in [0.5, 0.6) is 0 Å². The number of hydrogen-bond donors (Lipinski definition) is 0. The number of nitrogens with zero attached hydrogens (tertiary/aromatic N) is 3. The van der Waals surface area contributed by atoms with Gasteiger partial charge in [-0.2, -0.15) is 0 Å². The first-order valence-electron chi connectivity index (χ1n) is 5.50. The summed E-state index contributed by atoms with van der Waals surface area (Å²) in [6.07, 6.45) is 1.05. The molecule has 102 valence electrons. The molecular weight excluding hydrogens is 274 g/mol. The van der Waals surface area contributed by atoms with Gasteiger partial charge in [-0.15, -0.1) is 10.2 Å². The van der Waals surface area contributed by atoms with Crippen molar-refractivity contribution in [3.05, 3.63) is 5.01 Å². The van der Waals surface area contributed by atoms with E-state index in [2.05, 4.69) is 10.2 Å². The topological polar surface area (TPSA) is 80.2 Å². The molecule has 0 bridgehead atoms. The van der Waals surface area contributed by atoms with E-state index in [0.717, 1.165) is 17.6 Å². The van der Waals surface area contributed by atoms with Crippen molar-refractivity contribution in [2.45, 2.75) is 44.1 Å². The summed E-state index contributed by atoms with van der Waals surface area (Å²) in [5.74, 6) is -0.285. The Morgan fingerprint density at radius 1 is 1.17 bits per heavy atom. The van der Waals surface area contributed by atoms with E-state index in [-0.39, 0.29) is 27.3 Å². The molecule has 0 aromatic carbocycles. The molecule has 0 N–H and O–H groups in total. The molecule has 0 saturated carbocycles. The van der Waals surface area contributed by atoms with Gasteiger partial charge >= 0.3 is 0 Å². The zero-order chi connectivity index (χ0) is 14.1. The van der Waals surface area contributed by atoms with Crippen LogP contribution in [-0.4, -0.2) is 47.8 Å². The third-order valence-electron chi connectivity index (χ3n) is 2.25. The minimum atomic E-state index is -3.41. The van der Waals surface area contributed by atoms with Crippen LogP contribution in [0.4, 0.5) is 0 Å². The number of carbonyl (C=O) groups excluding carboxylic acids is 1. The Hall–Kier alpha value is -1.02. The van der Waals surface area contributed by atoms with Crippen LogP contribution in [0.1, 0.15) is 37.5 Å². The molecule has 0 spiro atoms. The Kier molecular flexibility index (Phi) is 4.44. The van der Waals surface area contributed by atoms with Gasteiger partial charge in [-0.1, -0.05) is 11.3 Å². The number of sulfone groups is 1. The standard InChI is InChI=1S/C10H17N3O3S2/c1-6(2)13(7(3)4)9(14)8-11-12-10(17-8)18(5,15)16/h6-7H,1-5H3. The SMILES string of the molecule is CC(C)N(C(=O)c1nnc(S(C)(=O)=O)s1)C(C)C. The second-order valence-electron chi connectivity index (χ2n) is 4.55. The van der Waals surface area contributed by atoms with E-state index in [1.807, 2.05) is 27.7 Å². The lowest BCUT2D eigenvalue weighted by Gasteiger charge is -2.29. The van der Waals surface area contributed by atoms with Gasteiger partial charge in [0.15, 0.2) is 0 Å². The first-order valence-corrected chi connectivity index (χ1v) is 8.21. The largest absolute Gasteiger partial charge is 0.332 e. The molecule has 0 saturated heterocycles. The molecule has 1 amide bonds. The van der Waals surface area contributed by atoms with Crippen LogP contribution in [-0.2, 0) is 9.84 Å². The Morgan fingerprint density at radius 3 is 2.00 bits per heavy atom. The maximum atomic E-state index is 12.2. The van der Waals surface area contributed by atoms with Crippen LogP contribution in [0.15, 0.2) is 4.34 Å². The average Bonchev–Trinajstić information content (AvgIpc) is 2.63. The number of hydrogen-bond acceptors (Lipinski definition) is 6. The Balaban J connectivity index is 3.08. The molecule has 1 heterocycles. The number of carbonyl (C=O) groups is 1. The van der Waals surface area contributed by atoms with Crippen molar-refractivity contribution >= 4 is 27.1 Å². The van der Waals surface area contributed by atoms with Crippen LogP contribution < -0.4 is 0 Å². The second-order valence-corrected chi connectivity index (χ2v) is 7.71. The third kappa shape index (κ3) is 3.26. The number of amides is 1. The van der Waals surface area contributed by atoms with Gasteiger partial charge < -0.3 is 4.90 Å². The zero-order valence-electron chi connectivity index (χ0n) is 11.0. The van der Waals surface area contributed by atoms with Gasteiger partial charge in [-0.3, -0.25) is 4.79 Å². The van der Waals surface area contributed by atoms with Crippen LogP contribution in [0.2, 0.25) is 0 Å². The van der Waals surface area contributed by atoms with E-state index >= 15 is 0 Å². The minimum Gasteiger partial charge on any atom is -0.332 e. The Morgan fingerprint density at radius 2 is 1.67 bits per heavy atom. The number of rotatable bonds is 4. The molecule has 6 nitrogen and oxygen atoms in total. The maximum absolute atomic E-state index is 12.2. The quantitative estimate of drug-likeness (QED) is 0.832. The normalized spacial score (nSPS) is 12.2. The van der Waals surface area contributed by atoms with Crippen molar-refractivity contribution in [1.82, 2.24) is 15.1 Å². The highest BCUT2D eigenvalue weighted by Gasteiger charge is 2.26. The first kappa shape index (κ1) is 15.0. The molecule has 1 rings (SSSR count). The van der Waals surface area contributed by atoms with E-state index in [4.69, 9.17) is 0 Å². The predicted molar refractivity (Wildman–Crippen MR) is 69.5 cm³/mol. The predicted octanol–water partition coefficient (Wildman–Crippen LogP) is 1.20. The summed E-state index contributed by atoms with van der Waals surface area (Å²) >= 11 is 0.810. The zero-order valence-corrected chi connectivity index (χ0v) is 12.7. The van der Waals surface area contributed by atoms with Crippen LogP contribution in [0.25, 0.3) is 0 Å². The summed E-state index contributed by atoms with van der Waals surface area (Å²) < 4.78 is 22.5. The van der Waals surface area contributed by atoms with Gasteiger partial charge in [-0.25, -0.2) is 8.42 Å². The minimum absolute atomic E-state index is 0.0167. The molecule has 8 heteroatoms. The fourth-order valence-corrected chi connectivity index (χ4v) is 3.17. The van der Waals surface area contributed by atoms with E-state index in [1.165, 1.54) is 0 Å². The fourth-order valence-electron chi connectivity index (χ4n) is 1.62. The van der Waals surface area contributed by atoms with Gasteiger partial charge in [0.05, 0.1) is 0 Å². The Labute approximate surface area is 111 Å². The van der Waals surface area contributed by atoms with E-state index in [1.54, 1.807) is 4.90 Å². The molecule has 0 aliphatic heterocycles. The lowest BCUT2D eigenvalue weighted by molar-refractivity contribution is 0.0642. The van der Waals surface area contributed by atoms with Gasteiger partial charge in [-0.05, 0) is 27.7 Å². The smallest absolute Gasteiger partial charge is 0.285 e. The second kappa shape index (κ2) is 5.31. The fraction of sp³-hybridized carbons (Fsp3) is 0.700. The molecular formula is C10H17N3O3S2. The van der Waals surface area contributed by atoms with Crippen molar-refractivity contribution in [2.24, 2.45) is 0 Å². The van der Waals surface area contributed by atoms with Crippen molar-refractivity contribution in [2.75, 3.05) is 6.26 Å². The summed E-state index contributed by atoms with van der Waals surface area (Å²) in [5.41, 5.74) is 0. The molecule has 0 aliphatic rings.